The Labute approximate surface area is 143 Å². The predicted molar refractivity (Wildman–Crippen MR) is 93.3 cm³/mol. The molecular weight excluding hydrogens is 352 g/mol. The third-order valence-corrected chi connectivity index (χ3v) is 5.31. The number of nitriles is 1. The SMILES string of the molecule is N#Cc1ccc2c(c1)C1C=CCC1C(c1cc(Br)ccc1O)N2. The van der Waals surface area contributed by atoms with Crippen molar-refractivity contribution >= 4 is 21.6 Å². The highest BCUT2D eigenvalue weighted by molar-refractivity contribution is 9.10. The molecule has 0 saturated carbocycles. The molecule has 1 heterocycles. The van der Waals surface area contributed by atoms with Crippen LogP contribution < -0.4 is 5.32 Å². The van der Waals surface area contributed by atoms with Gasteiger partial charge < -0.3 is 10.4 Å². The minimum atomic E-state index is 0.0490. The Morgan fingerprint density at radius 1 is 1.17 bits per heavy atom. The van der Waals surface area contributed by atoms with Crippen molar-refractivity contribution in [2.45, 2.75) is 18.4 Å². The van der Waals surface area contributed by atoms with E-state index in [-0.39, 0.29) is 12.0 Å². The molecule has 2 N–H and O–H groups in total. The largest absolute Gasteiger partial charge is 0.508 e. The van der Waals surface area contributed by atoms with Crippen molar-refractivity contribution in [2.75, 3.05) is 5.32 Å². The second kappa shape index (κ2) is 5.43. The molecule has 1 aliphatic carbocycles. The van der Waals surface area contributed by atoms with Crippen LogP contribution in [0.25, 0.3) is 0 Å². The summed E-state index contributed by atoms with van der Waals surface area (Å²) in [6, 6.07) is 13.6. The first-order valence-electron chi connectivity index (χ1n) is 7.63. The van der Waals surface area contributed by atoms with Crippen LogP contribution in [0.4, 0.5) is 5.69 Å². The number of rotatable bonds is 1. The fourth-order valence-corrected chi connectivity index (χ4v) is 4.13. The standard InChI is InChI=1S/C19H15BrN2O/c20-12-5-7-18(23)16(9-12)19-14-3-1-2-13(14)15-8-11(10-21)4-6-17(15)22-19/h1-2,4-9,13-14,19,22-23H,3H2. The second-order valence-electron chi connectivity index (χ2n) is 6.09. The number of anilines is 1. The van der Waals surface area contributed by atoms with Gasteiger partial charge in [0, 0.05) is 21.6 Å². The zero-order valence-electron chi connectivity index (χ0n) is 12.3. The second-order valence-corrected chi connectivity index (χ2v) is 7.01. The molecule has 3 atom stereocenters. The van der Waals surface area contributed by atoms with Gasteiger partial charge in [0.15, 0.2) is 0 Å². The molecule has 2 aromatic rings. The Morgan fingerprint density at radius 3 is 2.87 bits per heavy atom. The maximum atomic E-state index is 10.3. The van der Waals surface area contributed by atoms with E-state index in [1.165, 1.54) is 5.56 Å². The van der Waals surface area contributed by atoms with Crippen molar-refractivity contribution in [3.63, 3.8) is 0 Å². The number of benzene rings is 2. The van der Waals surface area contributed by atoms with E-state index in [0.29, 0.717) is 17.2 Å². The number of hydrogen-bond donors (Lipinski definition) is 2. The van der Waals surface area contributed by atoms with Crippen molar-refractivity contribution in [1.82, 2.24) is 0 Å². The number of hydrogen-bond acceptors (Lipinski definition) is 3. The number of halogens is 1. The van der Waals surface area contributed by atoms with Crippen molar-refractivity contribution in [3.8, 4) is 11.8 Å². The van der Waals surface area contributed by atoms with E-state index in [1.807, 2.05) is 30.3 Å². The summed E-state index contributed by atoms with van der Waals surface area (Å²) in [7, 11) is 0. The summed E-state index contributed by atoms with van der Waals surface area (Å²) in [5.74, 6) is 0.938. The summed E-state index contributed by atoms with van der Waals surface area (Å²) in [4.78, 5) is 0. The van der Waals surface area contributed by atoms with Gasteiger partial charge in [-0.2, -0.15) is 5.26 Å². The van der Waals surface area contributed by atoms with Gasteiger partial charge in [-0.25, -0.2) is 0 Å². The molecule has 2 aliphatic rings. The number of nitrogens with one attached hydrogen (secondary N) is 1. The summed E-state index contributed by atoms with van der Waals surface area (Å²) in [5, 5.41) is 23.0. The Kier molecular flexibility index (Phi) is 3.39. The van der Waals surface area contributed by atoms with Gasteiger partial charge in [0.1, 0.15) is 5.75 Å². The van der Waals surface area contributed by atoms with E-state index < -0.39 is 0 Å². The molecular formula is C19H15BrN2O. The summed E-state index contributed by atoms with van der Waals surface area (Å²) in [6.45, 7) is 0. The van der Waals surface area contributed by atoms with Crippen LogP contribution in [0.5, 0.6) is 5.75 Å². The van der Waals surface area contributed by atoms with Crippen molar-refractivity contribution in [1.29, 1.82) is 5.26 Å². The first-order valence-corrected chi connectivity index (χ1v) is 8.42. The van der Waals surface area contributed by atoms with Gasteiger partial charge in [-0.3, -0.25) is 0 Å². The highest BCUT2D eigenvalue weighted by Crippen LogP contribution is 2.51. The van der Waals surface area contributed by atoms with Gasteiger partial charge >= 0.3 is 0 Å². The highest BCUT2D eigenvalue weighted by Gasteiger charge is 2.38. The quantitative estimate of drug-likeness (QED) is 0.709. The van der Waals surface area contributed by atoms with Crippen LogP contribution in [0, 0.1) is 17.2 Å². The molecule has 0 amide bonds. The predicted octanol–water partition coefficient (Wildman–Crippen LogP) is 4.85. The van der Waals surface area contributed by atoms with Gasteiger partial charge in [0.2, 0.25) is 0 Å². The molecule has 2 aromatic carbocycles. The van der Waals surface area contributed by atoms with E-state index in [0.717, 1.165) is 22.1 Å². The molecule has 1 aliphatic heterocycles. The van der Waals surface area contributed by atoms with Gasteiger partial charge in [0.25, 0.3) is 0 Å². The average Bonchev–Trinajstić information content (AvgIpc) is 3.06. The van der Waals surface area contributed by atoms with E-state index in [1.54, 1.807) is 6.07 Å². The first-order chi connectivity index (χ1) is 11.2. The number of aromatic hydroxyl groups is 1. The molecule has 0 spiro atoms. The Hall–Kier alpha value is -2.25. The Bertz CT molecular complexity index is 853. The summed E-state index contributed by atoms with van der Waals surface area (Å²) >= 11 is 3.50. The van der Waals surface area contributed by atoms with Crippen LogP contribution in [0.3, 0.4) is 0 Å². The fraction of sp³-hybridized carbons (Fsp3) is 0.211. The lowest BCUT2D eigenvalue weighted by Crippen LogP contribution is -2.29. The number of fused-ring (bicyclic) bond motifs is 3. The van der Waals surface area contributed by atoms with E-state index in [2.05, 4.69) is 39.5 Å². The normalized spacial score (nSPS) is 24.4. The fourth-order valence-electron chi connectivity index (χ4n) is 3.75. The number of allylic oxidation sites excluding steroid dienone is 2. The van der Waals surface area contributed by atoms with Gasteiger partial charge in [-0.15, -0.1) is 0 Å². The lowest BCUT2D eigenvalue weighted by atomic mass is 9.76. The molecule has 4 rings (SSSR count). The molecule has 0 bridgehead atoms. The minimum absolute atomic E-state index is 0.0490. The van der Waals surface area contributed by atoms with Crippen LogP contribution in [0.15, 0.2) is 53.0 Å². The molecule has 114 valence electrons. The minimum Gasteiger partial charge on any atom is -0.508 e. The zero-order chi connectivity index (χ0) is 16.0. The van der Waals surface area contributed by atoms with E-state index in [4.69, 9.17) is 5.26 Å². The van der Waals surface area contributed by atoms with Crippen LogP contribution in [0.2, 0.25) is 0 Å². The number of phenolic OH excluding ortho intramolecular Hbond substituents is 1. The van der Waals surface area contributed by atoms with E-state index >= 15 is 0 Å². The Morgan fingerprint density at radius 2 is 2.04 bits per heavy atom. The van der Waals surface area contributed by atoms with Crippen LogP contribution in [-0.4, -0.2) is 5.11 Å². The molecule has 4 heteroatoms. The topological polar surface area (TPSA) is 56.0 Å². The third-order valence-electron chi connectivity index (χ3n) is 4.82. The summed E-state index contributed by atoms with van der Waals surface area (Å²) < 4.78 is 0.959. The molecule has 0 fully saturated rings. The zero-order valence-corrected chi connectivity index (χ0v) is 13.9. The monoisotopic (exact) mass is 366 g/mol. The molecule has 3 nitrogen and oxygen atoms in total. The molecule has 23 heavy (non-hydrogen) atoms. The van der Waals surface area contributed by atoms with Crippen LogP contribution in [0.1, 0.15) is 35.1 Å². The summed E-state index contributed by atoms with van der Waals surface area (Å²) in [6.07, 6.45) is 5.39. The van der Waals surface area contributed by atoms with Crippen molar-refractivity contribution in [2.24, 2.45) is 5.92 Å². The lowest BCUT2D eigenvalue weighted by Gasteiger charge is -2.37. The number of phenols is 1. The van der Waals surface area contributed by atoms with Gasteiger partial charge in [-0.05, 0) is 54.3 Å². The average molecular weight is 367 g/mol. The van der Waals surface area contributed by atoms with Crippen LogP contribution in [-0.2, 0) is 0 Å². The molecule has 0 saturated heterocycles. The maximum Gasteiger partial charge on any atom is 0.120 e. The van der Waals surface area contributed by atoms with Crippen molar-refractivity contribution < 1.29 is 5.11 Å². The third kappa shape index (κ3) is 2.32. The molecule has 3 unspecified atom stereocenters. The number of nitrogens with zero attached hydrogens (tertiary/aromatic N) is 1. The molecule has 0 aromatic heterocycles. The molecule has 0 radical (unpaired) electrons. The van der Waals surface area contributed by atoms with Gasteiger partial charge in [0.05, 0.1) is 17.7 Å². The van der Waals surface area contributed by atoms with Crippen molar-refractivity contribution in [3.05, 3.63) is 69.7 Å². The summed E-state index contributed by atoms with van der Waals surface area (Å²) in [5.41, 5.74) is 3.82. The highest BCUT2D eigenvalue weighted by atomic mass is 79.9. The van der Waals surface area contributed by atoms with Crippen LogP contribution >= 0.6 is 15.9 Å². The Balaban J connectivity index is 1.82. The first kappa shape index (κ1) is 14.3. The smallest absolute Gasteiger partial charge is 0.120 e. The van der Waals surface area contributed by atoms with Gasteiger partial charge in [-0.1, -0.05) is 28.1 Å². The lowest BCUT2D eigenvalue weighted by molar-refractivity contribution is 0.402. The van der Waals surface area contributed by atoms with E-state index in [9.17, 15) is 5.11 Å². The maximum absolute atomic E-state index is 10.3.